The van der Waals surface area contributed by atoms with E-state index in [2.05, 4.69) is 184 Å². The molecule has 7 aromatic carbocycles. The van der Waals surface area contributed by atoms with Crippen molar-refractivity contribution in [3.63, 3.8) is 0 Å². The van der Waals surface area contributed by atoms with E-state index >= 15 is 0 Å². The van der Waals surface area contributed by atoms with Crippen molar-refractivity contribution in [3.05, 3.63) is 163 Å². The van der Waals surface area contributed by atoms with Gasteiger partial charge in [0.1, 0.15) is 11.2 Å². The number of aryl methyl sites for hydroxylation is 1. The lowest BCUT2D eigenvalue weighted by Crippen LogP contribution is -2.13. The monoisotopic (exact) mass is 631 g/mol. The minimum atomic E-state index is -0.0376. The first kappa shape index (κ1) is 29.3. The fourth-order valence-corrected chi connectivity index (χ4v) is 7.71. The first-order valence-corrected chi connectivity index (χ1v) is 17.1. The standard InChI is InChI=1S/C47H37NO/c1-30-26-45-40(29-37(30)46-35(32-16-9-6-10-17-32)19-13-20-41(46)47(2,3)4)39-28-34(23-25-44(39)49-45)48-42-21-12-11-18-36(42)38-27-33(22-24-43(38)48)31-14-7-5-8-15-31/h5-29H,1-4H3. The summed E-state index contributed by atoms with van der Waals surface area (Å²) in [4.78, 5) is 0. The van der Waals surface area contributed by atoms with Gasteiger partial charge in [-0.15, -0.1) is 0 Å². The number of para-hydroxylation sites is 1. The van der Waals surface area contributed by atoms with Gasteiger partial charge in [0.15, 0.2) is 0 Å². The Morgan fingerprint density at radius 1 is 0.469 bits per heavy atom. The highest BCUT2D eigenvalue weighted by molar-refractivity contribution is 6.12. The number of aromatic nitrogens is 1. The molecule has 0 amide bonds. The topological polar surface area (TPSA) is 18.1 Å². The zero-order valence-corrected chi connectivity index (χ0v) is 28.3. The largest absolute Gasteiger partial charge is 0.456 e. The summed E-state index contributed by atoms with van der Waals surface area (Å²) in [5.74, 6) is 0. The Bertz CT molecular complexity index is 2680. The van der Waals surface area contributed by atoms with Gasteiger partial charge >= 0.3 is 0 Å². The molecule has 0 aliphatic carbocycles. The average Bonchev–Trinajstić information content (AvgIpc) is 3.65. The molecule has 9 aromatic rings. The second kappa shape index (κ2) is 11.1. The molecule has 0 spiro atoms. The van der Waals surface area contributed by atoms with Gasteiger partial charge in [-0.25, -0.2) is 0 Å². The zero-order valence-electron chi connectivity index (χ0n) is 28.3. The Labute approximate surface area is 286 Å². The highest BCUT2D eigenvalue weighted by Gasteiger charge is 2.24. The van der Waals surface area contributed by atoms with Gasteiger partial charge in [0.05, 0.1) is 11.0 Å². The normalized spacial score (nSPS) is 12.1. The predicted molar refractivity (Wildman–Crippen MR) is 208 cm³/mol. The third-order valence-electron chi connectivity index (χ3n) is 10.1. The molecule has 0 bridgehead atoms. The molecule has 0 fully saturated rings. The molecule has 0 saturated carbocycles. The first-order chi connectivity index (χ1) is 23.8. The van der Waals surface area contributed by atoms with Gasteiger partial charge < -0.3 is 8.98 Å². The maximum atomic E-state index is 6.54. The third-order valence-corrected chi connectivity index (χ3v) is 10.1. The van der Waals surface area contributed by atoms with Crippen LogP contribution in [0.25, 0.3) is 82.8 Å². The molecule has 0 atom stereocenters. The Balaban J connectivity index is 1.28. The Morgan fingerprint density at radius 3 is 1.94 bits per heavy atom. The minimum absolute atomic E-state index is 0.0376. The van der Waals surface area contributed by atoms with Crippen molar-refractivity contribution in [2.24, 2.45) is 0 Å². The average molecular weight is 632 g/mol. The number of benzene rings is 7. The number of hydrogen-bond donors (Lipinski definition) is 0. The second-order valence-corrected chi connectivity index (χ2v) is 14.2. The molecular formula is C47H37NO. The van der Waals surface area contributed by atoms with Crippen LogP contribution in [0.5, 0.6) is 0 Å². The fraction of sp³-hybridized carbons (Fsp3) is 0.106. The highest BCUT2D eigenvalue weighted by atomic mass is 16.3. The molecule has 2 heteroatoms. The molecule has 9 rings (SSSR count). The van der Waals surface area contributed by atoms with E-state index in [1.807, 2.05) is 0 Å². The summed E-state index contributed by atoms with van der Waals surface area (Å²) >= 11 is 0. The quantitative estimate of drug-likeness (QED) is 0.189. The maximum Gasteiger partial charge on any atom is 0.135 e. The van der Waals surface area contributed by atoms with Gasteiger partial charge in [-0.2, -0.15) is 0 Å². The fourth-order valence-electron chi connectivity index (χ4n) is 7.71. The minimum Gasteiger partial charge on any atom is -0.456 e. The van der Waals surface area contributed by atoms with E-state index in [0.29, 0.717) is 0 Å². The predicted octanol–water partition coefficient (Wildman–Crippen LogP) is 13.3. The molecule has 2 aromatic heterocycles. The summed E-state index contributed by atoms with van der Waals surface area (Å²) < 4.78 is 8.94. The van der Waals surface area contributed by atoms with E-state index in [4.69, 9.17) is 4.42 Å². The van der Waals surface area contributed by atoms with E-state index in [9.17, 15) is 0 Å². The van der Waals surface area contributed by atoms with Crippen LogP contribution in [-0.2, 0) is 5.41 Å². The van der Waals surface area contributed by atoms with E-state index in [-0.39, 0.29) is 5.41 Å². The van der Waals surface area contributed by atoms with Gasteiger partial charge in [0, 0.05) is 27.2 Å². The van der Waals surface area contributed by atoms with Crippen LogP contribution in [0.1, 0.15) is 31.9 Å². The Hall–Kier alpha value is -5.86. The van der Waals surface area contributed by atoms with E-state index in [1.165, 1.54) is 66.3 Å². The van der Waals surface area contributed by atoms with Crippen LogP contribution in [0, 0.1) is 6.92 Å². The molecule has 0 N–H and O–H groups in total. The van der Waals surface area contributed by atoms with Crippen LogP contribution in [0.3, 0.4) is 0 Å². The number of rotatable bonds is 4. The molecule has 0 aliphatic rings. The molecule has 0 radical (unpaired) electrons. The number of fused-ring (bicyclic) bond motifs is 6. The van der Waals surface area contributed by atoms with Crippen molar-refractivity contribution < 1.29 is 4.42 Å². The molecular weight excluding hydrogens is 595 g/mol. The summed E-state index contributed by atoms with van der Waals surface area (Å²) in [6.07, 6.45) is 0. The van der Waals surface area contributed by atoms with Crippen molar-refractivity contribution in [1.82, 2.24) is 4.57 Å². The zero-order chi connectivity index (χ0) is 33.3. The van der Waals surface area contributed by atoms with Gasteiger partial charge in [-0.1, -0.05) is 124 Å². The van der Waals surface area contributed by atoms with Gasteiger partial charge in [-0.05, 0) is 105 Å². The van der Waals surface area contributed by atoms with E-state index < -0.39 is 0 Å². The van der Waals surface area contributed by atoms with Crippen LogP contribution in [0.2, 0.25) is 0 Å². The SMILES string of the molecule is Cc1cc2oc3ccc(-n4c5ccccc5c5cc(-c6ccccc6)ccc54)cc3c2cc1-c1c(-c2ccccc2)cccc1C(C)(C)C. The van der Waals surface area contributed by atoms with Crippen LogP contribution >= 0.6 is 0 Å². The van der Waals surface area contributed by atoms with Crippen molar-refractivity contribution in [1.29, 1.82) is 0 Å². The van der Waals surface area contributed by atoms with Gasteiger partial charge in [0.2, 0.25) is 0 Å². The molecule has 0 saturated heterocycles. The Morgan fingerprint density at radius 2 is 1.16 bits per heavy atom. The van der Waals surface area contributed by atoms with Crippen LogP contribution in [0.4, 0.5) is 0 Å². The lowest BCUT2D eigenvalue weighted by Gasteiger charge is -2.26. The van der Waals surface area contributed by atoms with Gasteiger partial charge in [0.25, 0.3) is 0 Å². The summed E-state index contributed by atoms with van der Waals surface area (Å²) in [5, 5.41) is 4.75. The molecule has 2 nitrogen and oxygen atoms in total. The smallest absolute Gasteiger partial charge is 0.135 e. The summed E-state index contributed by atoms with van der Waals surface area (Å²) in [6, 6.07) is 55.0. The van der Waals surface area contributed by atoms with Crippen molar-refractivity contribution in [2.45, 2.75) is 33.1 Å². The van der Waals surface area contributed by atoms with Crippen LogP contribution in [0.15, 0.2) is 156 Å². The number of furan rings is 1. The van der Waals surface area contributed by atoms with Crippen LogP contribution in [-0.4, -0.2) is 4.57 Å². The van der Waals surface area contributed by atoms with Crippen molar-refractivity contribution in [3.8, 4) is 39.1 Å². The van der Waals surface area contributed by atoms with Crippen LogP contribution < -0.4 is 0 Å². The summed E-state index contributed by atoms with van der Waals surface area (Å²) in [6.45, 7) is 9.14. The molecule has 236 valence electrons. The molecule has 0 unspecified atom stereocenters. The molecule has 49 heavy (non-hydrogen) atoms. The van der Waals surface area contributed by atoms with Crippen molar-refractivity contribution >= 4 is 43.7 Å². The lowest BCUT2D eigenvalue weighted by molar-refractivity contribution is 0.592. The lowest BCUT2D eigenvalue weighted by atomic mass is 9.78. The third kappa shape index (κ3) is 4.78. The van der Waals surface area contributed by atoms with Gasteiger partial charge in [-0.3, -0.25) is 0 Å². The maximum absolute atomic E-state index is 6.54. The van der Waals surface area contributed by atoms with Crippen molar-refractivity contribution in [2.75, 3.05) is 0 Å². The Kier molecular flexibility index (Phi) is 6.64. The molecule has 0 aliphatic heterocycles. The molecule has 2 heterocycles. The number of nitrogens with zero attached hydrogens (tertiary/aromatic N) is 1. The number of hydrogen-bond acceptors (Lipinski definition) is 1. The second-order valence-electron chi connectivity index (χ2n) is 14.2. The first-order valence-electron chi connectivity index (χ1n) is 17.1. The summed E-state index contributed by atoms with van der Waals surface area (Å²) in [7, 11) is 0. The summed E-state index contributed by atoms with van der Waals surface area (Å²) in [5.41, 5.74) is 15.3. The van der Waals surface area contributed by atoms with E-state index in [1.54, 1.807) is 0 Å². The highest BCUT2D eigenvalue weighted by Crippen LogP contribution is 2.44. The van der Waals surface area contributed by atoms with E-state index in [0.717, 1.165) is 27.6 Å².